The van der Waals surface area contributed by atoms with Gasteiger partial charge in [0.05, 0.1) is 19.1 Å². The van der Waals surface area contributed by atoms with Crippen molar-refractivity contribution in [1.82, 2.24) is 10.2 Å². The lowest BCUT2D eigenvalue weighted by molar-refractivity contribution is -0.144. The number of aliphatic carboxylic acids is 1. The summed E-state index contributed by atoms with van der Waals surface area (Å²) in [5, 5.41) is 12.0. The van der Waals surface area contributed by atoms with E-state index in [4.69, 9.17) is 9.47 Å². The molecule has 186 valence electrons. The number of nitrogens with one attached hydrogen (secondary N) is 1. The molecule has 1 aliphatic heterocycles. The van der Waals surface area contributed by atoms with Crippen molar-refractivity contribution in [2.24, 2.45) is 0 Å². The zero-order chi connectivity index (χ0) is 25.0. The van der Waals surface area contributed by atoms with Crippen molar-refractivity contribution in [2.75, 3.05) is 38.4 Å². The number of amides is 2. The summed E-state index contributed by atoms with van der Waals surface area (Å²) in [4.78, 5) is 39.3. The molecule has 0 bridgehead atoms. The number of carbonyl (C=O) groups excluding carboxylic acids is 2. The van der Waals surface area contributed by atoms with Crippen LogP contribution in [0.25, 0.3) is 11.1 Å². The molecular formula is C26H30N2O6S. The fraction of sp³-hybridized carbons (Fsp3) is 0.423. The summed E-state index contributed by atoms with van der Waals surface area (Å²) < 4.78 is 10.9. The van der Waals surface area contributed by atoms with E-state index in [2.05, 4.69) is 17.4 Å². The summed E-state index contributed by atoms with van der Waals surface area (Å²) >= 11 is 1.61. The number of carbonyl (C=O) groups is 3. The standard InChI is InChI=1S/C26H30N2O6S/c1-26(16-33-2,24(31)28-11-12-35-15-17(28)13-23(29)30)27-25(32)34-14-22-20-9-5-3-7-18(20)19-8-4-6-10-21(19)22/h3-10,17,22H,11-16H2,1-2H3,(H,27,32)(H,29,30). The second kappa shape index (κ2) is 10.7. The van der Waals surface area contributed by atoms with E-state index in [1.165, 1.54) is 7.11 Å². The molecule has 2 atom stereocenters. The van der Waals surface area contributed by atoms with Gasteiger partial charge in [-0.3, -0.25) is 9.59 Å². The second-order valence-electron chi connectivity index (χ2n) is 9.04. The Morgan fingerprint density at radius 1 is 1.11 bits per heavy atom. The Balaban J connectivity index is 1.46. The quantitative estimate of drug-likeness (QED) is 0.575. The van der Waals surface area contributed by atoms with Crippen LogP contribution in [0.1, 0.15) is 30.4 Å². The Kier molecular flexibility index (Phi) is 7.66. The van der Waals surface area contributed by atoms with Crippen molar-refractivity contribution in [3.8, 4) is 11.1 Å². The fourth-order valence-corrected chi connectivity index (χ4v) is 5.97. The van der Waals surface area contributed by atoms with E-state index in [-0.39, 0.29) is 31.5 Å². The molecule has 0 aromatic heterocycles. The van der Waals surface area contributed by atoms with Crippen molar-refractivity contribution < 1.29 is 29.0 Å². The third-order valence-corrected chi connectivity index (χ3v) is 7.62. The normalized spacial score (nSPS) is 18.8. The summed E-state index contributed by atoms with van der Waals surface area (Å²) in [6.07, 6.45) is -0.867. The van der Waals surface area contributed by atoms with Gasteiger partial charge in [0, 0.05) is 31.1 Å². The number of thioether (sulfide) groups is 1. The van der Waals surface area contributed by atoms with E-state index >= 15 is 0 Å². The van der Waals surface area contributed by atoms with Gasteiger partial charge in [0.2, 0.25) is 0 Å². The molecule has 2 aromatic carbocycles. The minimum Gasteiger partial charge on any atom is -0.481 e. The molecule has 2 unspecified atom stereocenters. The maximum Gasteiger partial charge on any atom is 0.408 e. The number of rotatable bonds is 8. The Morgan fingerprint density at radius 3 is 2.34 bits per heavy atom. The van der Waals surface area contributed by atoms with Crippen molar-refractivity contribution in [1.29, 1.82) is 0 Å². The van der Waals surface area contributed by atoms with E-state index in [1.54, 1.807) is 23.6 Å². The van der Waals surface area contributed by atoms with Crippen LogP contribution in [-0.4, -0.2) is 77.9 Å². The highest BCUT2D eigenvalue weighted by Crippen LogP contribution is 2.44. The number of fused-ring (bicyclic) bond motifs is 3. The first-order valence-corrected chi connectivity index (χ1v) is 12.7. The predicted molar refractivity (Wildman–Crippen MR) is 134 cm³/mol. The molecule has 1 fully saturated rings. The molecule has 1 heterocycles. The lowest BCUT2D eigenvalue weighted by atomic mass is 9.98. The monoisotopic (exact) mass is 498 g/mol. The summed E-state index contributed by atoms with van der Waals surface area (Å²) in [5.41, 5.74) is 3.06. The van der Waals surface area contributed by atoms with Gasteiger partial charge in [-0.05, 0) is 29.2 Å². The third kappa shape index (κ3) is 5.31. The van der Waals surface area contributed by atoms with Crippen LogP contribution in [0.2, 0.25) is 0 Å². The van der Waals surface area contributed by atoms with Crippen molar-refractivity contribution in [3.63, 3.8) is 0 Å². The van der Waals surface area contributed by atoms with Crippen LogP contribution >= 0.6 is 11.8 Å². The van der Waals surface area contributed by atoms with E-state index in [0.29, 0.717) is 18.1 Å². The molecule has 2 N–H and O–H groups in total. The number of hydrogen-bond donors (Lipinski definition) is 2. The van der Waals surface area contributed by atoms with Gasteiger partial charge in [-0.15, -0.1) is 0 Å². The van der Waals surface area contributed by atoms with Gasteiger partial charge < -0.3 is 24.8 Å². The first-order valence-electron chi connectivity index (χ1n) is 11.6. The van der Waals surface area contributed by atoms with E-state index in [9.17, 15) is 19.5 Å². The smallest absolute Gasteiger partial charge is 0.408 e. The molecule has 2 amide bonds. The Labute approximate surface area is 209 Å². The highest BCUT2D eigenvalue weighted by atomic mass is 32.2. The molecule has 2 aromatic rings. The lowest BCUT2D eigenvalue weighted by Crippen LogP contribution is -2.63. The molecule has 1 aliphatic carbocycles. The van der Waals surface area contributed by atoms with Gasteiger partial charge >= 0.3 is 12.1 Å². The SMILES string of the molecule is COCC(C)(NC(=O)OCC1c2ccccc2-c2ccccc21)C(=O)N1CCSCC1CC(=O)O. The molecular weight excluding hydrogens is 468 g/mol. The minimum atomic E-state index is -1.39. The molecule has 4 rings (SSSR count). The average molecular weight is 499 g/mol. The fourth-order valence-electron chi connectivity index (χ4n) is 4.91. The summed E-state index contributed by atoms with van der Waals surface area (Å²) in [7, 11) is 1.45. The maximum atomic E-state index is 13.5. The first-order chi connectivity index (χ1) is 16.8. The van der Waals surface area contributed by atoms with E-state index in [1.807, 2.05) is 36.4 Å². The minimum absolute atomic E-state index is 0.0700. The Morgan fingerprint density at radius 2 is 1.74 bits per heavy atom. The summed E-state index contributed by atoms with van der Waals surface area (Å²) in [6, 6.07) is 15.7. The third-order valence-electron chi connectivity index (χ3n) is 6.53. The van der Waals surface area contributed by atoms with Crippen LogP contribution in [-0.2, 0) is 19.1 Å². The van der Waals surface area contributed by atoms with Crippen LogP contribution in [0, 0.1) is 0 Å². The number of alkyl carbamates (subject to hydrolysis) is 1. The average Bonchev–Trinajstić information content (AvgIpc) is 3.16. The van der Waals surface area contributed by atoms with Crippen LogP contribution in [0.5, 0.6) is 0 Å². The molecule has 0 saturated carbocycles. The van der Waals surface area contributed by atoms with E-state index in [0.717, 1.165) is 22.3 Å². The van der Waals surface area contributed by atoms with Gasteiger partial charge in [0.25, 0.3) is 5.91 Å². The molecule has 0 spiro atoms. The first kappa shape index (κ1) is 25.1. The molecule has 2 aliphatic rings. The number of carboxylic acids is 1. The van der Waals surface area contributed by atoms with Gasteiger partial charge in [-0.1, -0.05) is 48.5 Å². The molecule has 1 saturated heterocycles. The second-order valence-corrected chi connectivity index (χ2v) is 10.2. The number of methoxy groups -OCH3 is 1. The zero-order valence-corrected chi connectivity index (χ0v) is 20.7. The summed E-state index contributed by atoms with van der Waals surface area (Å²) in [5.74, 6) is -0.203. The van der Waals surface area contributed by atoms with Crippen molar-refractivity contribution >= 4 is 29.7 Å². The number of carboxylic acid groups (broad SMARTS) is 1. The molecule has 35 heavy (non-hydrogen) atoms. The number of ether oxygens (including phenoxy) is 2. The van der Waals surface area contributed by atoms with Gasteiger partial charge in [-0.25, -0.2) is 4.79 Å². The van der Waals surface area contributed by atoms with Crippen LogP contribution in [0.4, 0.5) is 4.79 Å². The van der Waals surface area contributed by atoms with Gasteiger partial charge in [0.15, 0.2) is 0 Å². The number of benzene rings is 2. The van der Waals surface area contributed by atoms with Crippen molar-refractivity contribution in [2.45, 2.75) is 30.8 Å². The van der Waals surface area contributed by atoms with Gasteiger partial charge in [0.1, 0.15) is 12.1 Å². The maximum absolute atomic E-state index is 13.5. The predicted octanol–water partition coefficient (Wildman–Crippen LogP) is 3.35. The Hall–Kier alpha value is -3.04. The topological polar surface area (TPSA) is 105 Å². The van der Waals surface area contributed by atoms with Crippen molar-refractivity contribution in [3.05, 3.63) is 59.7 Å². The Bertz CT molecular complexity index is 1060. The number of nitrogens with zero attached hydrogens (tertiary/aromatic N) is 1. The lowest BCUT2D eigenvalue weighted by Gasteiger charge is -2.40. The van der Waals surface area contributed by atoms with Crippen LogP contribution in [0.15, 0.2) is 48.5 Å². The van der Waals surface area contributed by atoms with E-state index < -0.39 is 23.6 Å². The number of hydrogen-bond acceptors (Lipinski definition) is 6. The van der Waals surface area contributed by atoms with Gasteiger partial charge in [-0.2, -0.15) is 11.8 Å². The summed E-state index contributed by atoms with van der Waals surface area (Å²) in [6.45, 7) is 2.05. The zero-order valence-electron chi connectivity index (χ0n) is 19.9. The molecule has 9 heteroatoms. The highest BCUT2D eigenvalue weighted by Gasteiger charge is 2.42. The largest absolute Gasteiger partial charge is 0.481 e. The van der Waals surface area contributed by atoms with Crippen LogP contribution < -0.4 is 5.32 Å². The highest BCUT2D eigenvalue weighted by molar-refractivity contribution is 7.99. The van der Waals surface area contributed by atoms with Crippen LogP contribution in [0.3, 0.4) is 0 Å². The molecule has 8 nitrogen and oxygen atoms in total. The molecule has 0 radical (unpaired) electrons.